The summed E-state index contributed by atoms with van der Waals surface area (Å²) < 4.78 is 0. The number of aliphatic hydroxyl groups is 1. The van der Waals surface area contributed by atoms with Crippen LogP contribution in [-0.2, 0) is 5.72 Å². The number of aryl methyl sites for hydroxylation is 1. The van der Waals surface area contributed by atoms with Crippen molar-refractivity contribution in [3.05, 3.63) is 65.7 Å². The third-order valence-corrected chi connectivity index (χ3v) is 4.68. The molecule has 2 atom stereocenters. The monoisotopic (exact) mass is 273 g/mol. The van der Waals surface area contributed by atoms with Crippen LogP contribution in [0, 0.1) is 6.92 Å². The van der Waals surface area contributed by atoms with Crippen LogP contribution in [0.1, 0.15) is 24.5 Å². The van der Waals surface area contributed by atoms with Crippen LogP contribution in [0.15, 0.2) is 54.6 Å². The van der Waals surface area contributed by atoms with Gasteiger partial charge in [0.15, 0.2) is 0 Å². The van der Waals surface area contributed by atoms with Crippen LogP contribution in [0.2, 0.25) is 0 Å². The van der Waals surface area contributed by atoms with Crippen molar-refractivity contribution in [3.8, 4) is 0 Å². The summed E-state index contributed by atoms with van der Waals surface area (Å²) in [6.07, 6.45) is 0.635. The van der Waals surface area contributed by atoms with Crippen molar-refractivity contribution in [3.63, 3.8) is 0 Å². The second kappa shape index (κ2) is 6.29. The van der Waals surface area contributed by atoms with Crippen molar-refractivity contribution in [2.45, 2.75) is 26.0 Å². The molecule has 2 N–H and O–H groups in total. The Morgan fingerprint density at radius 2 is 1.68 bits per heavy atom. The van der Waals surface area contributed by atoms with Crippen molar-refractivity contribution < 1.29 is 5.11 Å². The molecule has 100 valence electrons. The van der Waals surface area contributed by atoms with Crippen LogP contribution >= 0.6 is 8.73 Å². The lowest BCUT2D eigenvalue weighted by atomic mass is 10.0. The average molecular weight is 273 g/mol. The van der Waals surface area contributed by atoms with Crippen LogP contribution in [0.3, 0.4) is 0 Å². The van der Waals surface area contributed by atoms with E-state index in [1.807, 2.05) is 49.4 Å². The summed E-state index contributed by atoms with van der Waals surface area (Å²) in [6, 6.07) is 18.0. The molecule has 2 aromatic carbocycles. The van der Waals surface area contributed by atoms with Gasteiger partial charge in [-0.1, -0.05) is 61.5 Å². The van der Waals surface area contributed by atoms with Crippen LogP contribution in [0.4, 0.5) is 0 Å². The maximum Gasteiger partial charge on any atom is 0.145 e. The summed E-state index contributed by atoms with van der Waals surface area (Å²) in [4.78, 5) is 0. The minimum absolute atomic E-state index is 0.387. The van der Waals surface area contributed by atoms with E-state index < -0.39 is 5.72 Å². The number of hydrogen-bond donors (Lipinski definition) is 2. The van der Waals surface area contributed by atoms with Gasteiger partial charge in [-0.2, -0.15) is 0 Å². The van der Waals surface area contributed by atoms with E-state index in [1.165, 1.54) is 10.9 Å². The molecule has 2 aromatic rings. The van der Waals surface area contributed by atoms with E-state index in [1.54, 1.807) is 0 Å². The van der Waals surface area contributed by atoms with Crippen LogP contribution in [-0.4, -0.2) is 5.11 Å². The van der Waals surface area contributed by atoms with E-state index in [0.29, 0.717) is 15.2 Å². The topological polar surface area (TPSA) is 32.3 Å². The van der Waals surface area contributed by atoms with E-state index >= 15 is 0 Å². The third-order valence-electron chi connectivity index (χ3n) is 3.31. The fourth-order valence-corrected chi connectivity index (χ4v) is 3.09. The molecular weight excluding hydrogens is 253 g/mol. The Hall–Kier alpha value is -1.21. The number of benzene rings is 2. The molecule has 0 spiro atoms. The molecule has 0 saturated heterocycles. The lowest BCUT2D eigenvalue weighted by Crippen LogP contribution is -2.37. The molecule has 0 radical (unpaired) electrons. The van der Waals surface area contributed by atoms with Crippen molar-refractivity contribution in [1.82, 2.24) is 5.09 Å². The SMILES string of the molecule is CCC(O)(NPc1ccccc1C)c1ccccc1. The minimum atomic E-state index is -0.956. The predicted octanol–water partition coefficient (Wildman–Crippen LogP) is 3.06. The van der Waals surface area contributed by atoms with Crippen LogP contribution < -0.4 is 10.4 Å². The van der Waals surface area contributed by atoms with Crippen molar-refractivity contribution in [2.24, 2.45) is 0 Å². The first kappa shape index (κ1) is 14.2. The first-order valence-electron chi connectivity index (χ1n) is 6.52. The van der Waals surface area contributed by atoms with Crippen molar-refractivity contribution >= 4 is 14.0 Å². The smallest absolute Gasteiger partial charge is 0.145 e. The Morgan fingerprint density at radius 1 is 1.05 bits per heavy atom. The summed E-state index contributed by atoms with van der Waals surface area (Å²) in [6.45, 7) is 4.08. The second-order valence-corrected chi connectivity index (χ2v) is 5.68. The average Bonchev–Trinajstić information content (AvgIpc) is 2.47. The molecule has 0 aliphatic heterocycles. The molecule has 2 nitrogen and oxygen atoms in total. The first-order chi connectivity index (χ1) is 9.15. The zero-order chi connectivity index (χ0) is 13.7. The molecule has 19 heavy (non-hydrogen) atoms. The first-order valence-corrected chi connectivity index (χ1v) is 7.52. The molecule has 0 aliphatic carbocycles. The summed E-state index contributed by atoms with van der Waals surface area (Å²) in [7, 11) is 0.387. The van der Waals surface area contributed by atoms with Gasteiger partial charge in [-0.05, 0) is 38.5 Å². The summed E-state index contributed by atoms with van der Waals surface area (Å²) in [5, 5.41) is 15.3. The Kier molecular flexibility index (Phi) is 4.71. The van der Waals surface area contributed by atoms with E-state index in [9.17, 15) is 5.11 Å². The molecule has 0 aromatic heterocycles. The minimum Gasteiger partial charge on any atom is -0.371 e. The van der Waals surface area contributed by atoms with Gasteiger partial charge in [0.2, 0.25) is 0 Å². The quantitative estimate of drug-likeness (QED) is 0.648. The lowest BCUT2D eigenvalue weighted by molar-refractivity contribution is 0.0226. The molecule has 0 bridgehead atoms. The Bertz CT molecular complexity index is 529. The molecule has 0 heterocycles. The highest BCUT2D eigenvalue weighted by Gasteiger charge is 2.26. The molecule has 3 heteroatoms. The highest BCUT2D eigenvalue weighted by molar-refractivity contribution is 7.45. The van der Waals surface area contributed by atoms with Gasteiger partial charge >= 0.3 is 0 Å². The van der Waals surface area contributed by atoms with Gasteiger partial charge in [-0.25, -0.2) is 0 Å². The number of rotatable bonds is 5. The van der Waals surface area contributed by atoms with Gasteiger partial charge in [0.25, 0.3) is 0 Å². The van der Waals surface area contributed by atoms with E-state index in [0.717, 1.165) is 5.56 Å². The maximum absolute atomic E-state index is 10.7. The van der Waals surface area contributed by atoms with E-state index in [2.05, 4.69) is 24.1 Å². The molecule has 0 fully saturated rings. The summed E-state index contributed by atoms with van der Waals surface area (Å²) in [5.74, 6) is 0. The molecule has 0 aliphatic rings. The summed E-state index contributed by atoms with van der Waals surface area (Å²) >= 11 is 0. The van der Waals surface area contributed by atoms with E-state index in [-0.39, 0.29) is 0 Å². The largest absolute Gasteiger partial charge is 0.371 e. The fourth-order valence-electron chi connectivity index (χ4n) is 1.96. The highest BCUT2D eigenvalue weighted by Crippen LogP contribution is 2.26. The standard InChI is InChI=1S/C16H20NOP/c1-3-16(18,14-10-5-4-6-11-14)17-19-15-12-8-7-9-13(15)2/h4-12,17-19H,3H2,1-2H3. The predicted molar refractivity (Wildman–Crippen MR) is 82.9 cm³/mol. The number of hydrogen-bond acceptors (Lipinski definition) is 2. The normalized spacial score (nSPS) is 14.7. The Morgan fingerprint density at radius 3 is 2.32 bits per heavy atom. The van der Waals surface area contributed by atoms with Gasteiger partial charge in [-0.3, -0.25) is 5.09 Å². The lowest BCUT2D eigenvalue weighted by Gasteiger charge is -2.29. The third kappa shape index (κ3) is 3.42. The molecule has 2 unspecified atom stereocenters. The zero-order valence-corrected chi connectivity index (χ0v) is 12.4. The van der Waals surface area contributed by atoms with Gasteiger partial charge in [0.05, 0.1) is 0 Å². The van der Waals surface area contributed by atoms with Crippen molar-refractivity contribution in [1.29, 1.82) is 0 Å². The molecular formula is C16H20NOP. The Labute approximate surface area is 116 Å². The Balaban J connectivity index is 2.14. The molecule has 2 rings (SSSR count). The maximum atomic E-state index is 10.7. The second-order valence-electron chi connectivity index (χ2n) is 4.64. The zero-order valence-electron chi connectivity index (χ0n) is 11.4. The van der Waals surface area contributed by atoms with Gasteiger partial charge in [-0.15, -0.1) is 0 Å². The van der Waals surface area contributed by atoms with Crippen molar-refractivity contribution in [2.75, 3.05) is 0 Å². The van der Waals surface area contributed by atoms with Gasteiger partial charge in [0.1, 0.15) is 5.72 Å². The molecule has 0 saturated carbocycles. The number of nitrogens with one attached hydrogen (secondary N) is 1. The highest BCUT2D eigenvalue weighted by atomic mass is 31.1. The van der Waals surface area contributed by atoms with Gasteiger partial charge in [0, 0.05) is 0 Å². The van der Waals surface area contributed by atoms with Crippen LogP contribution in [0.5, 0.6) is 0 Å². The van der Waals surface area contributed by atoms with Gasteiger partial charge < -0.3 is 5.11 Å². The van der Waals surface area contributed by atoms with E-state index in [4.69, 9.17) is 0 Å². The summed E-state index contributed by atoms with van der Waals surface area (Å²) in [5.41, 5.74) is 1.21. The molecule has 0 amide bonds. The fraction of sp³-hybridized carbons (Fsp3) is 0.250. The van der Waals surface area contributed by atoms with Crippen LogP contribution in [0.25, 0.3) is 0 Å².